The van der Waals surface area contributed by atoms with Gasteiger partial charge in [-0.05, 0) is 0 Å². The van der Waals surface area contributed by atoms with E-state index in [1.54, 1.807) is 0 Å². The van der Waals surface area contributed by atoms with Gasteiger partial charge in [0.2, 0.25) is 6.29 Å². The van der Waals surface area contributed by atoms with Gasteiger partial charge in [-0.2, -0.15) is 0 Å². The number of carbonyl (C=O) groups is 2. The minimum atomic E-state index is -0.803. The summed E-state index contributed by atoms with van der Waals surface area (Å²) in [5, 5.41) is 9.72. The Balaban J connectivity index is 3.17. The lowest BCUT2D eigenvalue weighted by Gasteiger charge is -1.87. The van der Waals surface area contributed by atoms with Crippen molar-refractivity contribution in [1.82, 2.24) is 5.32 Å². The average molecular weight is 103 g/mol. The van der Waals surface area contributed by atoms with Crippen molar-refractivity contribution in [2.45, 2.75) is 0 Å². The molecule has 0 aromatic rings. The lowest BCUT2D eigenvalue weighted by Crippen LogP contribution is -2.24. The van der Waals surface area contributed by atoms with Crippen molar-refractivity contribution in [3.63, 3.8) is 0 Å². The highest BCUT2D eigenvalue weighted by Gasteiger charge is 1.89. The molecule has 0 atom stereocenters. The number of nitrogens with one attached hydrogen (secondary N) is 1. The maximum absolute atomic E-state index is 9.77. The Morgan fingerprint density at radius 3 is 2.57 bits per heavy atom. The largest absolute Gasteiger partial charge is 0.376 e. The van der Waals surface area contributed by atoms with E-state index in [0.29, 0.717) is 0 Å². The first kappa shape index (κ1) is 6.10. The lowest BCUT2D eigenvalue weighted by atomic mass is 10.7. The van der Waals surface area contributed by atoms with Crippen molar-refractivity contribution in [1.29, 1.82) is 0 Å². The molecule has 4 heteroatoms. The average Bonchev–Trinajstić information content (AvgIpc) is 1.68. The summed E-state index contributed by atoms with van der Waals surface area (Å²) in [7, 11) is 0. The normalized spacial score (nSPS) is 7.57. The van der Waals surface area contributed by atoms with E-state index in [-0.39, 0.29) is 6.29 Å². The third-order valence-electron chi connectivity index (χ3n) is 0.360. The Kier molecular flexibility index (Phi) is 2.87. The van der Waals surface area contributed by atoms with Crippen LogP contribution in [0, 0.1) is 0 Å². The highest BCUT2D eigenvalue weighted by atomic mass is 16.3. The zero-order valence-corrected chi connectivity index (χ0v) is 3.55. The number of hydrogen-bond acceptors (Lipinski definition) is 3. The molecular formula is C3H5NO3. The molecule has 0 radical (unpaired) electrons. The summed E-state index contributed by atoms with van der Waals surface area (Å²) < 4.78 is 0. The smallest absolute Gasteiger partial charge is 0.285 e. The maximum atomic E-state index is 9.77. The molecule has 4 nitrogen and oxygen atoms in total. The maximum Gasteiger partial charge on any atom is 0.285 e. The molecule has 0 heterocycles. The van der Waals surface area contributed by atoms with Crippen molar-refractivity contribution >= 4 is 12.2 Å². The molecule has 7 heavy (non-hydrogen) atoms. The molecule has 0 unspecified atom stereocenters. The SMILES string of the molecule is O=CC(=O)NCO. The van der Waals surface area contributed by atoms with Crippen LogP contribution in [0.25, 0.3) is 0 Å². The zero-order valence-electron chi connectivity index (χ0n) is 3.55. The summed E-state index contributed by atoms with van der Waals surface area (Å²) >= 11 is 0. The van der Waals surface area contributed by atoms with Crippen LogP contribution in [0.3, 0.4) is 0 Å². The van der Waals surface area contributed by atoms with E-state index < -0.39 is 12.6 Å². The highest BCUT2D eigenvalue weighted by molar-refractivity contribution is 6.23. The van der Waals surface area contributed by atoms with Crippen LogP contribution < -0.4 is 5.32 Å². The van der Waals surface area contributed by atoms with Gasteiger partial charge < -0.3 is 10.4 Å². The number of aliphatic hydroxyl groups excluding tert-OH is 1. The van der Waals surface area contributed by atoms with Gasteiger partial charge in [0.15, 0.2) is 0 Å². The molecule has 0 bridgehead atoms. The molecule has 0 aromatic carbocycles. The van der Waals surface area contributed by atoms with Crippen LogP contribution in [0.15, 0.2) is 0 Å². The van der Waals surface area contributed by atoms with Crippen LogP contribution in [0.2, 0.25) is 0 Å². The fourth-order valence-corrected chi connectivity index (χ4v) is 0.120. The molecule has 0 aliphatic heterocycles. The summed E-state index contributed by atoms with van der Waals surface area (Å²) in [6.07, 6.45) is 0.0935. The van der Waals surface area contributed by atoms with Crippen LogP contribution in [0.4, 0.5) is 0 Å². The second-order valence-electron chi connectivity index (χ2n) is 0.817. The topological polar surface area (TPSA) is 66.4 Å². The molecule has 0 aliphatic carbocycles. The van der Waals surface area contributed by atoms with Crippen LogP contribution >= 0.6 is 0 Å². The summed E-state index contributed by atoms with van der Waals surface area (Å²) in [4.78, 5) is 19.1. The quantitative estimate of drug-likeness (QED) is 0.247. The molecule has 0 saturated heterocycles. The number of rotatable bonds is 2. The van der Waals surface area contributed by atoms with E-state index in [9.17, 15) is 9.59 Å². The summed E-state index contributed by atoms with van der Waals surface area (Å²) in [5.41, 5.74) is 0. The van der Waals surface area contributed by atoms with Crippen molar-refractivity contribution in [3.05, 3.63) is 0 Å². The van der Waals surface area contributed by atoms with Crippen LogP contribution in [-0.2, 0) is 9.59 Å². The summed E-state index contributed by atoms with van der Waals surface area (Å²) in [6, 6.07) is 0. The number of hydrogen-bond donors (Lipinski definition) is 2. The van der Waals surface area contributed by atoms with Gasteiger partial charge >= 0.3 is 0 Å². The Bertz CT molecular complexity index is 80.2. The first-order valence-electron chi connectivity index (χ1n) is 1.65. The molecule has 0 rings (SSSR count). The number of aldehydes is 1. The number of carbonyl (C=O) groups excluding carboxylic acids is 2. The Morgan fingerprint density at radius 1 is 1.86 bits per heavy atom. The van der Waals surface area contributed by atoms with Crippen molar-refractivity contribution < 1.29 is 14.7 Å². The molecular weight excluding hydrogens is 98.0 g/mol. The zero-order chi connectivity index (χ0) is 5.70. The third kappa shape index (κ3) is 2.92. The second kappa shape index (κ2) is 3.30. The van der Waals surface area contributed by atoms with Gasteiger partial charge in [-0.25, -0.2) is 0 Å². The Morgan fingerprint density at radius 2 is 2.43 bits per heavy atom. The van der Waals surface area contributed by atoms with Gasteiger partial charge in [0.05, 0.1) is 0 Å². The number of amides is 1. The van der Waals surface area contributed by atoms with Gasteiger partial charge in [0.25, 0.3) is 5.91 Å². The standard InChI is InChI=1S/C3H5NO3/c5-1-3(7)4-2-6/h1,6H,2H2,(H,4,7). The van der Waals surface area contributed by atoms with E-state index in [1.165, 1.54) is 0 Å². The van der Waals surface area contributed by atoms with E-state index in [4.69, 9.17) is 5.11 Å². The molecule has 0 fully saturated rings. The van der Waals surface area contributed by atoms with Crippen LogP contribution in [0.5, 0.6) is 0 Å². The van der Waals surface area contributed by atoms with E-state index in [2.05, 4.69) is 0 Å². The van der Waals surface area contributed by atoms with E-state index in [1.807, 2.05) is 5.32 Å². The first-order chi connectivity index (χ1) is 3.31. The monoisotopic (exact) mass is 103 g/mol. The van der Waals surface area contributed by atoms with Crippen LogP contribution in [0.1, 0.15) is 0 Å². The van der Waals surface area contributed by atoms with Gasteiger partial charge in [-0.1, -0.05) is 0 Å². The molecule has 0 spiro atoms. The fourth-order valence-electron chi connectivity index (χ4n) is 0.120. The molecule has 1 amide bonds. The Labute approximate surface area is 40.1 Å². The predicted octanol–water partition coefficient (Wildman–Crippen LogP) is -1.75. The highest BCUT2D eigenvalue weighted by Crippen LogP contribution is 1.49. The van der Waals surface area contributed by atoms with E-state index in [0.717, 1.165) is 0 Å². The van der Waals surface area contributed by atoms with Crippen LogP contribution in [-0.4, -0.2) is 24.0 Å². The van der Waals surface area contributed by atoms with Gasteiger partial charge in [0, 0.05) is 0 Å². The van der Waals surface area contributed by atoms with Crippen molar-refractivity contribution in [2.24, 2.45) is 0 Å². The number of aliphatic hydroxyl groups is 1. The van der Waals surface area contributed by atoms with Crippen molar-refractivity contribution in [3.8, 4) is 0 Å². The molecule has 2 N–H and O–H groups in total. The van der Waals surface area contributed by atoms with Gasteiger partial charge in [-0.15, -0.1) is 0 Å². The molecule has 0 saturated carbocycles. The van der Waals surface area contributed by atoms with E-state index >= 15 is 0 Å². The second-order valence-corrected chi connectivity index (χ2v) is 0.817. The van der Waals surface area contributed by atoms with Gasteiger partial charge in [-0.3, -0.25) is 9.59 Å². The molecule has 0 aliphatic rings. The minimum absolute atomic E-state index is 0.0935. The fraction of sp³-hybridized carbons (Fsp3) is 0.333. The lowest BCUT2D eigenvalue weighted by molar-refractivity contribution is -0.132. The first-order valence-corrected chi connectivity index (χ1v) is 1.65. The Hall–Kier alpha value is -0.900. The minimum Gasteiger partial charge on any atom is -0.376 e. The summed E-state index contributed by atoms with van der Waals surface area (Å²) in [6.45, 7) is -0.489. The molecule has 0 aromatic heterocycles. The molecule has 40 valence electrons. The van der Waals surface area contributed by atoms with Gasteiger partial charge in [0.1, 0.15) is 6.73 Å². The predicted molar refractivity (Wildman–Crippen MR) is 21.3 cm³/mol. The summed E-state index contributed by atoms with van der Waals surface area (Å²) in [5.74, 6) is -0.803. The third-order valence-corrected chi connectivity index (χ3v) is 0.360. The van der Waals surface area contributed by atoms with Crippen molar-refractivity contribution in [2.75, 3.05) is 6.73 Å².